The highest BCUT2D eigenvalue weighted by Crippen LogP contribution is 2.23. The molecular weight excluding hydrogens is 637 g/mol. The maximum Gasteiger partial charge on any atom is 0.240 e. The zero-order valence-electron chi connectivity index (χ0n) is 22.8. The summed E-state index contributed by atoms with van der Waals surface area (Å²) < 4.78 is 0. The van der Waals surface area contributed by atoms with Gasteiger partial charge in [0.25, 0.3) is 0 Å². The Bertz CT molecular complexity index is 786. The van der Waals surface area contributed by atoms with Crippen molar-refractivity contribution in [1.82, 2.24) is 21.3 Å². The second-order valence-electron chi connectivity index (χ2n) is 7.76. The van der Waals surface area contributed by atoms with Crippen molar-refractivity contribution in [3.63, 3.8) is 0 Å². The van der Waals surface area contributed by atoms with Gasteiger partial charge in [-0.05, 0) is 0 Å². The molecular formula is C21H42N8O9S4. The minimum Gasteiger partial charge on any atom is -0.412 e. The van der Waals surface area contributed by atoms with E-state index in [1.165, 1.54) is 70.9 Å². The van der Waals surface area contributed by atoms with Gasteiger partial charge in [-0.3, -0.25) is 38.4 Å². The van der Waals surface area contributed by atoms with Crippen molar-refractivity contribution in [2.75, 3.05) is 23.0 Å². The molecule has 0 aliphatic heterocycles. The average molecular weight is 679 g/mol. The summed E-state index contributed by atoms with van der Waals surface area (Å²) in [4.78, 5) is 87.7. The van der Waals surface area contributed by atoms with E-state index in [2.05, 4.69) is 21.3 Å². The van der Waals surface area contributed by atoms with Crippen LogP contribution in [-0.4, -0.2) is 99.9 Å². The molecule has 244 valence electrons. The predicted molar refractivity (Wildman–Crippen MR) is 167 cm³/mol. The largest absolute Gasteiger partial charge is 0.412 e. The number of nitrogens with two attached hydrogens (primary N) is 4. The molecule has 42 heavy (non-hydrogen) atoms. The molecule has 0 aromatic heterocycles. The molecule has 0 fully saturated rings. The summed E-state index contributed by atoms with van der Waals surface area (Å²) in [5, 5.41) is 9.65. The number of hydrogen-bond donors (Lipinski definition) is 8. The Hall–Kier alpha value is -2.88. The monoisotopic (exact) mass is 678 g/mol. The molecule has 0 aromatic rings. The molecule has 21 heteroatoms. The number of carbonyl (C=O) groups is 8. The molecule has 17 nitrogen and oxygen atoms in total. The van der Waals surface area contributed by atoms with Gasteiger partial charge < -0.3 is 49.7 Å². The van der Waals surface area contributed by atoms with Crippen molar-refractivity contribution in [3.05, 3.63) is 0 Å². The van der Waals surface area contributed by atoms with Gasteiger partial charge in [0.15, 0.2) is 0 Å². The van der Waals surface area contributed by atoms with Crippen molar-refractivity contribution in [2.45, 2.75) is 59.3 Å². The van der Waals surface area contributed by atoms with Crippen LogP contribution in [0.4, 0.5) is 0 Å². The molecule has 8 amide bonds. The van der Waals surface area contributed by atoms with Crippen LogP contribution < -0.4 is 44.2 Å². The molecule has 0 saturated carbocycles. The Balaban J connectivity index is -0.000000328. The van der Waals surface area contributed by atoms with Crippen LogP contribution in [0.15, 0.2) is 0 Å². The molecule has 14 N–H and O–H groups in total. The van der Waals surface area contributed by atoms with Crippen molar-refractivity contribution in [3.8, 4) is 0 Å². The number of rotatable bonds is 18. The lowest BCUT2D eigenvalue weighted by atomic mass is 10.3. The van der Waals surface area contributed by atoms with E-state index in [0.717, 1.165) is 0 Å². The van der Waals surface area contributed by atoms with Crippen LogP contribution in [0.5, 0.6) is 0 Å². The average Bonchev–Trinajstić information content (AvgIpc) is 2.80. The zero-order chi connectivity index (χ0) is 31.4. The smallest absolute Gasteiger partial charge is 0.240 e. The molecule has 0 aromatic carbocycles. The van der Waals surface area contributed by atoms with Crippen molar-refractivity contribution in [1.29, 1.82) is 0 Å². The van der Waals surface area contributed by atoms with Crippen LogP contribution in [0.1, 0.15) is 35.1 Å². The van der Waals surface area contributed by atoms with Gasteiger partial charge in [-0.25, -0.2) is 0 Å². The highest BCUT2D eigenvalue weighted by atomic mass is 33.1. The van der Waals surface area contributed by atoms with E-state index in [-0.39, 0.29) is 59.5 Å². The number of nitrogens with one attached hydrogen (secondary N) is 4. The van der Waals surface area contributed by atoms with Crippen molar-refractivity contribution >= 4 is 90.4 Å². The lowest BCUT2D eigenvalue weighted by Crippen LogP contribution is -2.46. The first-order valence-corrected chi connectivity index (χ1v) is 16.2. The maximum absolute atomic E-state index is 11.1. The Morgan fingerprint density at radius 1 is 0.452 bits per heavy atom. The first-order chi connectivity index (χ1) is 18.5. The fourth-order valence-electron chi connectivity index (χ4n) is 2.23. The molecule has 0 radical (unpaired) electrons. The summed E-state index contributed by atoms with van der Waals surface area (Å²) in [7, 11) is 4.99. The normalized spacial score (nSPS) is 12.5. The minimum atomic E-state index is -0.780. The molecule has 0 rings (SSSR count). The number of amides is 8. The van der Waals surface area contributed by atoms with Gasteiger partial charge in [-0.15, -0.1) is 0 Å². The van der Waals surface area contributed by atoms with Crippen LogP contribution in [0.25, 0.3) is 0 Å². The summed E-state index contributed by atoms with van der Waals surface area (Å²) in [6, 6.07) is -3.12. The van der Waals surface area contributed by atoms with Gasteiger partial charge in [0.05, 0.1) is 0 Å². The maximum atomic E-state index is 11.1. The number of primary amides is 4. The first-order valence-electron chi connectivity index (χ1n) is 11.2. The molecule has 0 aliphatic rings. The van der Waals surface area contributed by atoms with E-state index < -0.39 is 47.8 Å². The molecule has 4 atom stereocenters. The van der Waals surface area contributed by atoms with E-state index in [9.17, 15) is 38.4 Å². The lowest BCUT2D eigenvalue weighted by Gasteiger charge is -2.15. The quantitative estimate of drug-likeness (QED) is 0.0517. The van der Waals surface area contributed by atoms with Gasteiger partial charge in [-0.2, -0.15) is 0 Å². The lowest BCUT2D eigenvalue weighted by molar-refractivity contribution is -0.125. The third-order valence-corrected chi connectivity index (χ3v) is 8.83. The van der Waals surface area contributed by atoms with Gasteiger partial charge >= 0.3 is 0 Å². The van der Waals surface area contributed by atoms with Crippen LogP contribution in [0, 0.1) is 0 Å². The number of hydrogen-bond acceptors (Lipinski definition) is 12. The molecule has 0 aliphatic carbocycles. The van der Waals surface area contributed by atoms with E-state index in [4.69, 9.17) is 22.9 Å². The van der Waals surface area contributed by atoms with E-state index in [1.807, 2.05) is 0 Å². The second kappa shape index (κ2) is 25.8. The van der Waals surface area contributed by atoms with E-state index >= 15 is 0 Å². The SMILES string of the molecule is C.CC(=O)N[C@@H](CSSC[C@H](NC(C)=O)C(N)=O)C(N)=O.CC(=O)N[C@@H](CSSC[C@H](NC(C)=O)C(N)=O)C(N)=O.O. The Labute approximate surface area is 260 Å². The fraction of sp³-hybridized carbons (Fsp3) is 0.619. The molecule has 0 unspecified atom stereocenters. The highest BCUT2D eigenvalue weighted by Gasteiger charge is 2.20. The summed E-state index contributed by atoms with van der Waals surface area (Å²) >= 11 is 0. The standard InChI is InChI=1S/2C10H18N4O4S2.CH4.H2O/c2*1-5(15)13-7(9(11)17)3-19-20-4-8(10(12)18)14-6(2)16;;/h2*7-8H,3-4H2,1-2H3,(H2,11,17)(H2,12,18)(H,13,15)(H,14,16);1H4;1H2/t2*7-,8-;;/m00../s1. The van der Waals surface area contributed by atoms with Gasteiger partial charge in [-0.1, -0.05) is 50.6 Å². The van der Waals surface area contributed by atoms with E-state index in [1.54, 1.807) is 0 Å². The highest BCUT2D eigenvalue weighted by molar-refractivity contribution is 8.77. The second-order valence-corrected chi connectivity index (χ2v) is 12.9. The predicted octanol–water partition coefficient (Wildman–Crippen LogP) is -3.49. The van der Waals surface area contributed by atoms with Crippen molar-refractivity contribution < 1.29 is 43.8 Å². The molecule has 0 bridgehead atoms. The summed E-state index contributed by atoms with van der Waals surface area (Å²) in [5.41, 5.74) is 20.5. The zero-order valence-corrected chi connectivity index (χ0v) is 26.1. The summed E-state index contributed by atoms with van der Waals surface area (Å²) in [5.74, 6) is -2.95. The Morgan fingerprint density at radius 2 is 0.595 bits per heavy atom. The van der Waals surface area contributed by atoms with Crippen LogP contribution >= 0.6 is 43.2 Å². The minimum absolute atomic E-state index is 0. The van der Waals surface area contributed by atoms with Crippen molar-refractivity contribution in [2.24, 2.45) is 22.9 Å². The Morgan fingerprint density at radius 3 is 0.690 bits per heavy atom. The van der Waals surface area contributed by atoms with Gasteiger partial charge in [0.1, 0.15) is 24.2 Å². The van der Waals surface area contributed by atoms with Crippen LogP contribution in [0.2, 0.25) is 0 Å². The van der Waals surface area contributed by atoms with Gasteiger partial charge in [0.2, 0.25) is 47.3 Å². The molecule has 0 heterocycles. The van der Waals surface area contributed by atoms with Crippen LogP contribution in [-0.2, 0) is 38.4 Å². The van der Waals surface area contributed by atoms with E-state index in [0.29, 0.717) is 0 Å². The molecule has 0 saturated heterocycles. The fourth-order valence-corrected chi connectivity index (χ4v) is 6.93. The molecule has 0 spiro atoms. The summed E-state index contributed by atoms with van der Waals surface area (Å²) in [6.45, 7) is 5.14. The Kier molecular flexibility index (Phi) is 28.3. The third-order valence-electron chi connectivity index (χ3n) is 3.99. The third kappa shape index (κ3) is 26.0. The first kappa shape index (κ1) is 46.1. The van der Waals surface area contributed by atoms with Crippen LogP contribution in [0.3, 0.4) is 0 Å². The number of carbonyl (C=O) groups excluding carboxylic acids is 8. The summed E-state index contributed by atoms with van der Waals surface area (Å²) in [6.07, 6.45) is 0. The van der Waals surface area contributed by atoms with Gasteiger partial charge in [0, 0.05) is 50.7 Å². The topological polar surface area (TPSA) is 320 Å².